The lowest BCUT2D eigenvalue weighted by molar-refractivity contribution is -0.459. The van der Waals surface area contributed by atoms with Crippen LogP contribution in [0.15, 0.2) is 38.4 Å². The van der Waals surface area contributed by atoms with Gasteiger partial charge in [0.25, 0.3) is 0 Å². The first-order chi connectivity index (χ1) is 18.0. The summed E-state index contributed by atoms with van der Waals surface area (Å²) < 4.78 is 230. The molecule has 0 atom stereocenters. The van der Waals surface area contributed by atoms with Gasteiger partial charge in [0, 0.05) is 10.5 Å². The highest BCUT2D eigenvalue weighted by atomic mass is 127. The van der Waals surface area contributed by atoms with Gasteiger partial charge in [-0.05, 0) is 63.3 Å². The van der Waals surface area contributed by atoms with Gasteiger partial charge in [0.15, 0.2) is 0 Å². The number of carbonyl (C=O) groups excluding carboxylic acids is 1. The zero-order chi connectivity index (χ0) is 32.7. The zero-order valence-corrected chi connectivity index (χ0v) is 22.7. The van der Waals surface area contributed by atoms with E-state index in [1.165, 1.54) is 24.3 Å². The molecule has 0 aromatic heterocycles. The molecule has 0 aliphatic heterocycles. The molecule has 0 amide bonds. The van der Waals surface area contributed by atoms with Crippen LogP contribution in [0.25, 0.3) is 0 Å². The molecule has 236 valence electrons. The Bertz CT molecular complexity index is 1110. The Hall–Kier alpha value is -1.55. The van der Waals surface area contributed by atoms with Crippen LogP contribution in [0.5, 0.6) is 0 Å². The van der Waals surface area contributed by atoms with Gasteiger partial charge in [-0.3, -0.25) is 0 Å². The van der Waals surface area contributed by atoms with Gasteiger partial charge in [-0.1, -0.05) is 15.9 Å². The normalized spacial score (nSPS) is 15.2. The summed E-state index contributed by atoms with van der Waals surface area (Å²) in [5, 5.41) is 0. The molecule has 0 N–H and O–H groups in total. The van der Waals surface area contributed by atoms with E-state index in [1.54, 1.807) is 0 Å². The van der Waals surface area contributed by atoms with Crippen LogP contribution in [0.1, 0.15) is 23.2 Å². The number of carbonyl (C=O) groups is 1. The monoisotopic (exact) mass is 812 g/mol. The van der Waals surface area contributed by atoms with E-state index in [2.05, 4.69) is 15.9 Å². The van der Waals surface area contributed by atoms with Crippen molar-refractivity contribution >= 4 is 44.5 Å². The molecule has 0 saturated heterocycles. The summed E-state index contributed by atoms with van der Waals surface area (Å²) in [5.74, 6) is -57.7. The van der Waals surface area contributed by atoms with Crippen LogP contribution >= 0.6 is 38.5 Å². The molecule has 41 heavy (non-hydrogen) atoms. The summed E-state index contributed by atoms with van der Waals surface area (Å²) >= 11 is 3.82. The minimum Gasteiger partial charge on any atom is -0.462 e. The first-order valence-electron chi connectivity index (χ1n) is 10.0. The van der Waals surface area contributed by atoms with Gasteiger partial charge in [-0.15, -0.1) is 0 Å². The third kappa shape index (κ3) is 6.68. The standard InChI is InChI=1S/C20H11BrF17IO2/c21-10-5-3-9(4-6-10)12(40)41-7-1-2-11(39)8-13(22,23)14(24,25)15(26,27)16(28,29)17(30,31)18(32,33)19(34,35)20(36,37)38/h3-6,8H,1-2,7H2. The van der Waals surface area contributed by atoms with E-state index < -0.39 is 82.7 Å². The van der Waals surface area contributed by atoms with Crippen molar-refractivity contribution in [2.45, 2.75) is 60.5 Å². The van der Waals surface area contributed by atoms with E-state index in [4.69, 9.17) is 4.74 Å². The van der Waals surface area contributed by atoms with E-state index >= 15 is 0 Å². The Kier molecular flexibility index (Phi) is 10.8. The third-order valence-electron chi connectivity index (χ3n) is 4.96. The molecule has 0 radical (unpaired) electrons. The Labute approximate surface area is 239 Å². The molecule has 2 nitrogen and oxygen atoms in total. The first-order valence-corrected chi connectivity index (χ1v) is 11.9. The molecule has 0 spiro atoms. The smallest absolute Gasteiger partial charge is 0.460 e. The number of hydrogen-bond donors (Lipinski definition) is 0. The van der Waals surface area contributed by atoms with Crippen LogP contribution in [-0.4, -0.2) is 60.2 Å². The zero-order valence-electron chi connectivity index (χ0n) is 19.0. The van der Waals surface area contributed by atoms with Crippen LogP contribution in [0, 0.1) is 0 Å². The van der Waals surface area contributed by atoms with Crippen molar-refractivity contribution in [1.29, 1.82) is 0 Å². The maximum atomic E-state index is 14.0. The summed E-state index contributed by atoms with van der Waals surface area (Å²) in [6, 6.07) is 5.39. The third-order valence-corrected chi connectivity index (χ3v) is 6.34. The maximum Gasteiger partial charge on any atom is 0.460 e. The topological polar surface area (TPSA) is 26.3 Å². The Morgan fingerprint density at radius 3 is 1.49 bits per heavy atom. The summed E-state index contributed by atoms with van der Waals surface area (Å²) in [6.45, 7) is -0.625. The Morgan fingerprint density at radius 1 is 0.683 bits per heavy atom. The molecule has 0 fully saturated rings. The van der Waals surface area contributed by atoms with Gasteiger partial charge in [0.05, 0.1) is 12.2 Å². The second-order valence-corrected chi connectivity index (χ2v) is 10.2. The molecule has 0 heterocycles. The Morgan fingerprint density at radius 2 is 1.07 bits per heavy atom. The van der Waals surface area contributed by atoms with Crippen LogP contribution in [-0.2, 0) is 4.74 Å². The van der Waals surface area contributed by atoms with Crippen molar-refractivity contribution in [1.82, 2.24) is 0 Å². The average Bonchev–Trinajstić information content (AvgIpc) is 2.80. The largest absolute Gasteiger partial charge is 0.462 e. The number of allylic oxidation sites excluding steroid dienone is 2. The molecule has 0 aliphatic rings. The molecule has 0 unspecified atom stereocenters. The number of hydrogen-bond acceptors (Lipinski definition) is 2. The molecule has 1 aromatic carbocycles. The van der Waals surface area contributed by atoms with E-state index in [0.29, 0.717) is 4.47 Å². The first kappa shape index (κ1) is 37.5. The SMILES string of the molecule is O=C(OCCCC(I)=CC(F)(F)C(F)(F)C(F)(F)C(F)(F)C(F)(F)C(F)(F)C(F)(F)C(F)(F)F)c1ccc(Br)cc1. The van der Waals surface area contributed by atoms with Crippen molar-refractivity contribution < 1.29 is 84.2 Å². The van der Waals surface area contributed by atoms with Crippen molar-refractivity contribution in [2.75, 3.05) is 6.61 Å². The lowest BCUT2D eigenvalue weighted by Gasteiger charge is -2.42. The van der Waals surface area contributed by atoms with E-state index in [1.807, 2.05) is 0 Å². The second-order valence-electron chi connectivity index (χ2n) is 7.90. The summed E-state index contributed by atoms with van der Waals surface area (Å²) in [6.07, 6.45) is -10.3. The van der Waals surface area contributed by atoms with Gasteiger partial charge in [-0.2, -0.15) is 74.6 Å². The summed E-state index contributed by atoms with van der Waals surface area (Å²) in [4.78, 5) is 11.8. The quantitative estimate of drug-likeness (QED) is 0.0910. The number of benzene rings is 1. The fourth-order valence-corrected chi connectivity index (χ4v) is 3.65. The van der Waals surface area contributed by atoms with Crippen LogP contribution < -0.4 is 0 Å². The van der Waals surface area contributed by atoms with Crippen molar-refractivity contribution in [2.24, 2.45) is 0 Å². The van der Waals surface area contributed by atoms with E-state index in [9.17, 15) is 79.4 Å². The van der Waals surface area contributed by atoms with E-state index in [-0.39, 0.29) is 5.56 Å². The molecule has 1 aromatic rings. The molecule has 0 bridgehead atoms. The number of ether oxygens (including phenoxy) is 1. The molecule has 0 aliphatic carbocycles. The maximum absolute atomic E-state index is 14.0. The highest BCUT2D eigenvalue weighted by Gasteiger charge is 2.95. The fourth-order valence-electron chi connectivity index (χ4n) is 2.61. The lowest BCUT2D eigenvalue weighted by atomic mass is 9.89. The molecule has 1 rings (SSSR count). The molecule has 21 heteroatoms. The van der Waals surface area contributed by atoms with Crippen molar-refractivity contribution in [3.63, 3.8) is 0 Å². The molecule has 0 saturated carbocycles. The number of halogens is 19. The van der Waals surface area contributed by atoms with Crippen LogP contribution in [0.4, 0.5) is 74.6 Å². The minimum absolute atomic E-state index is 0.0110. The highest BCUT2D eigenvalue weighted by molar-refractivity contribution is 14.1. The highest BCUT2D eigenvalue weighted by Crippen LogP contribution is 2.64. The number of rotatable bonds is 12. The summed E-state index contributed by atoms with van der Waals surface area (Å²) in [7, 11) is 0. The number of esters is 1. The predicted octanol–water partition coefficient (Wildman–Crippen LogP) is 9.71. The van der Waals surface area contributed by atoms with Crippen molar-refractivity contribution in [3.05, 3.63) is 44.0 Å². The fraction of sp³-hybridized carbons (Fsp3) is 0.550. The number of alkyl halides is 17. The second kappa shape index (κ2) is 11.9. The average molecular weight is 813 g/mol. The lowest BCUT2D eigenvalue weighted by Crippen LogP contribution is -2.74. The predicted molar refractivity (Wildman–Crippen MR) is 116 cm³/mol. The van der Waals surface area contributed by atoms with Crippen molar-refractivity contribution in [3.8, 4) is 0 Å². The summed E-state index contributed by atoms with van der Waals surface area (Å²) in [5.41, 5.74) is -0.0110. The minimum atomic E-state index is -8.67. The molecular weight excluding hydrogens is 802 g/mol. The Balaban J connectivity index is 3.19. The molecular formula is C20H11BrF17IO2. The van der Waals surface area contributed by atoms with Gasteiger partial charge < -0.3 is 4.74 Å². The van der Waals surface area contributed by atoms with Crippen LogP contribution in [0.3, 0.4) is 0 Å². The van der Waals surface area contributed by atoms with Crippen LogP contribution in [0.2, 0.25) is 0 Å². The van der Waals surface area contributed by atoms with Gasteiger partial charge >= 0.3 is 53.6 Å². The van der Waals surface area contributed by atoms with Gasteiger partial charge in [-0.25, -0.2) is 4.79 Å². The van der Waals surface area contributed by atoms with E-state index in [0.717, 1.165) is 22.6 Å². The van der Waals surface area contributed by atoms with Gasteiger partial charge in [0.2, 0.25) is 0 Å². The van der Waals surface area contributed by atoms with Gasteiger partial charge in [0.1, 0.15) is 0 Å².